The fourth-order valence-electron chi connectivity index (χ4n) is 2.44. The first kappa shape index (κ1) is 14.4. The van der Waals surface area contributed by atoms with Crippen molar-refractivity contribution in [2.45, 2.75) is 12.8 Å². The summed E-state index contributed by atoms with van der Waals surface area (Å²) in [5.41, 5.74) is 5.59. The van der Waals surface area contributed by atoms with E-state index >= 15 is 0 Å². The lowest BCUT2D eigenvalue weighted by atomic mass is 10.1. The van der Waals surface area contributed by atoms with Crippen LogP contribution in [0.15, 0.2) is 41.6 Å². The van der Waals surface area contributed by atoms with Gasteiger partial charge in [-0.25, -0.2) is 4.98 Å². The molecule has 1 aromatic carbocycles. The van der Waals surface area contributed by atoms with E-state index in [1.54, 1.807) is 17.5 Å². The number of aromatic nitrogens is 2. The summed E-state index contributed by atoms with van der Waals surface area (Å²) in [6.07, 6.45) is 3.47. The Labute approximate surface area is 142 Å². The van der Waals surface area contributed by atoms with Gasteiger partial charge in [-0.3, -0.25) is 10.4 Å². The van der Waals surface area contributed by atoms with Crippen molar-refractivity contribution < 1.29 is 4.74 Å². The Balaban J connectivity index is 1.64. The molecule has 23 heavy (non-hydrogen) atoms. The van der Waals surface area contributed by atoms with Crippen LogP contribution in [0.3, 0.4) is 0 Å². The maximum absolute atomic E-state index is 6.00. The van der Waals surface area contributed by atoms with Gasteiger partial charge in [-0.15, -0.1) is 0 Å². The van der Waals surface area contributed by atoms with E-state index in [1.165, 1.54) is 0 Å². The number of thiazole rings is 1. The number of nitrogens with zero attached hydrogens (tertiary/aromatic N) is 3. The Morgan fingerprint density at radius 1 is 1.30 bits per heavy atom. The Bertz CT molecular complexity index is 893. The lowest BCUT2D eigenvalue weighted by molar-refractivity contribution is 0.317. The summed E-state index contributed by atoms with van der Waals surface area (Å²) in [5.74, 6) is 0.779. The van der Waals surface area contributed by atoms with Gasteiger partial charge in [0.25, 0.3) is 0 Å². The highest BCUT2D eigenvalue weighted by atomic mass is 35.5. The number of fused-ring (bicyclic) bond motifs is 2. The molecule has 0 saturated heterocycles. The highest BCUT2D eigenvalue weighted by molar-refractivity contribution is 7.22. The fraction of sp³-hybridized carbons (Fsp3) is 0.188. The first-order chi connectivity index (χ1) is 11.3. The quantitative estimate of drug-likeness (QED) is 0.703. The number of halogens is 1. The molecule has 4 rings (SSSR count). The minimum Gasteiger partial charge on any atom is -0.491 e. The predicted molar refractivity (Wildman–Crippen MR) is 93.8 cm³/mol. The van der Waals surface area contributed by atoms with Crippen LogP contribution in [0.2, 0.25) is 5.02 Å². The average molecular weight is 345 g/mol. The van der Waals surface area contributed by atoms with Crippen LogP contribution in [0.5, 0.6) is 5.75 Å². The summed E-state index contributed by atoms with van der Waals surface area (Å²) in [4.78, 5) is 8.90. The van der Waals surface area contributed by atoms with Gasteiger partial charge in [0.15, 0.2) is 0 Å². The van der Waals surface area contributed by atoms with Crippen molar-refractivity contribution in [1.82, 2.24) is 9.97 Å². The van der Waals surface area contributed by atoms with Crippen LogP contribution in [0, 0.1) is 0 Å². The average Bonchev–Trinajstić information content (AvgIpc) is 2.84. The molecule has 0 saturated carbocycles. The van der Waals surface area contributed by atoms with E-state index in [0.717, 1.165) is 45.3 Å². The third-order valence-corrected chi connectivity index (χ3v) is 4.67. The van der Waals surface area contributed by atoms with Gasteiger partial charge in [0, 0.05) is 11.2 Å². The summed E-state index contributed by atoms with van der Waals surface area (Å²) >= 11 is 7.54. The highest BCUT2D eigenvalue weighted by Gasteiger charge is 2.16. The molecule has 0 radical (unpaired) electrons. The zero-order valence-electron chi connectivity index (χ0n) is 12.1. The molecule has 116 valence electrons. The summed E-state index contributed by atoms with van der Waals surface area (Å²) < 4.78 is 6.76. The van der Waals surface area contributed by atoms with Crippen molar-refractivity contribution >= 4 is 44.0 Å². The third-order valence-electron chi connectivity index (χ3n) is 3.50. The standard InChI is InChI=1S/C16H13ClN4OS/c17-10-5-6-14-12(9-10)19-16(23-14)21-20-11-3-2-8-22-13-4-1-7-18-15(11)13/h1,4-7,9H,2-3,8H2,(H,19,21)/b20-11+. The zero-order valence-corrected chi connectivity index (χ0v) is 13.7. The van der Waals surface area contributed by atoms with Gasteiger partial charge >= 0.3 is 0 Å². The lowest BCUT2D eigenvalue weighted by Gasteiger charge is -2.05. The molecular weight excluding hydrogens is 332 g/mol. The summed E-state index contributed by atoms with van der Waals surface area (Å²) in [7, 11) is 0. The van der Waals surface area contributed by atoms with Crippen LogP contribution in [0.25, 0.3) is 10.2 Å². The third kappa shape index (κ3) is 3.00. The molecule has 3 heterocycles. The van der Waals surface area contributed by atoms with Crippen LogP contribution < -0.4 is 10.2 Å². The molecule has 0 bridgehead atoms. The van der Waals surface area contributed by atoms with Gasteiger partial charge < -0.3 is 4.74 Å². The number of nitrogens with one attached hydrogen (secondary N) is 1. The lowest BCUT2D eigenvalue weighted by Crippen LogP contribution is -2.05. The summed E-state index contributed by atoms with van der Waals surface area (Å²) in [5, 5.41) is 5.93. The monoisotopic (exact) mass is 344 g/mol. The highest BCUT2D eigenvalue weighted by Crippen LogP contribution is 2.28. The molecular formula is C16H13ClN4OS. The molecule has 1 aliphatic heterocycles. The molecule has 0 aliphatic carbocycles. The summed E-state index contributed by atoms with van der Waals surface area (Å²) in [6, 6.07) is 9.46. The Hall–Kier alpha value is -2.18. The maximum atomic E-state index is 6.00. The Morgan fingerprint density at radius 2 is 2.26 bits per heavy atom. The van der Waals surface area contributed by atoms with Crippen LogP contribution in [0.4, 0.5) is 5.13 Å². The molecule has 7 heteroatoms. The first-order valence-corrected chi connectivity index (χ1v) is 8.46. The van der Waals surface area contributed by atoms with E-state index in [2.05, 4.69) is 20.5 Å². The molecule has 2 aromatic heterocycles. The minimum atomic E-state index is 0.678. The van der Waals surface area contributed by atoms with Crippen molar-refractivity contribution in [3.8, 4) is 5.75 Å². The van der Waals surface area contributed by atoms with E-state index in [9.17, 15) is 0 Å². The second kappa shape index (κ2) is 6.14. The number of rotatable bonds is 2. The van der Waals surface area contributed by atoms with Gasteiger partial charge in [-0.05, 0) is 43.2 Å². The Morgan fingerprint density at radius 3 is 3.22 bits per heavy atom. The van der Waals surface area contributed by atoms with Crippen LogP contribution in [0.1, 0.15) is 18.5 Å². The number of pyridine rings is 1. The van der Waals surface area contributed by atoms with Crippen molar-refractivity contribution in [2.75, 3.05) is 12.0 Å². The van der Waals surface area contributed by atoms with Crippen LogP contribution in [-0.2, 0) is 0 Å². The number of hydrogen-bond acceptors (Lipinski definition) is 6. The van der Waals surface area contributed by atoms with E-state index in [-0.39, 0.29) is 0 Å². The van der Waals surface area contributed by atoms with Crippen molar-refractivity contribution in [2.24, 2.45) is 5.10 Å². The number of benzene rings is 1. The van der Waals surface area contributed by atoms with E-state index in [0.29, 0.717) is 11.6 Å². The van der Waals surface area contributed by atoms with Gasteiger partial charge in [0.05, 0.1) is 22.5 Å². The van der Waals surface area contributed by atoms with Gasteiger partial charge in [-0.1, -0.05) is 22.9 Å². The fourth-order valence-corrected chi connectivity index (χ4v) is 3.39. The van der Waals surface area contributed by atoms with Gasteiger partial charge in [0.1, 0.15) is 11.4 Å². The minimum absolute atomic E-state index is 0.678. The molecule has 0 fully saturated rings. The molecule has 0 unspecified atom stereocenters. The second-order valence-corrected chi connectivity index (χ2v) is 6.57. The molecule has 0 spiro atoms. The molecule has 3 aromatic rings. The molecule has 0 amide bonds. The smallest absolute Gasteiger partial charge is 0.204 e. The van der Waals surface area contributed by atoms with Gasteiger partial charge in [-0.2, -0.15) is 5.10 Å². The van der Waals surface area contributed by atoms with Crippen molar-refractivity contribution in [1.29, 1.82) is 0 Å². The maximum Gasteiger partial charge on any atom is 0.204 e. The summed E-state index contributed by atoms with van der Waals surface area (Å²) in [6.45, 7) is 0.678. The zero-order chi connectivity index (χ0) is 15.6. The number of hydrazone groups is 1. The molecule has 1 N–H and O–H groups in total. The normalized spacial score (nSPS) is 16.0. The van der Waals surface area contributed by atoms with Crippen LogP contribution in [-0.4, -0.2) is 22.3 Å². The van der Waals surface area contributed by atoms with E-state index < -0.39 is 0 Å². The SMILES string of the molecule is Clc1ccc2sc(N/N=C3\CCCOc4cccnc43)nc2c1. The largest absolute Gasteiger partial charge is 0.491 e. The van der Waals surface area contributed by atoms with E-state index in [4.69, 9.17) is 16.3 Å². The number of anilines is 1. The van der Waals surface area contributed by atoms with E-state index in [1.807, 2.05) is 30.3 Å². The molecule has 1 aliphatic rings. The second-order valence-electron chi connectivity index (χ2n) is 5.10. The van der Waals surface area contributed by atoms with Gasteiger partial charge in [0.2, 0.25) is 5.13 Å². The topological polar surface area (TPSA) is 59.4 Å². The number of ether oxygens (including phenoxy) is 1. The van der Waals surface area contributed by atoms with Crippen molar-refractivity contribution in [3.63, 3.8) is 0 Å². The molecule has 0 atom stereocenters. The Kier molecular flexibility index (Phi) is 3.85. The predicted octanol–water partition coefficient (Wildman–Crippen LogP) is 4.33. The van der Waals surface area contributed by atoms with Crippen LogP contribution >= 0.6 is 22.9 Å². The molecule has 5 nitrogen and oxygen atoms in total. The first-order valence-electron chi connectivity index (χ1n) is 7.26. The number of hydrogen-bond donors (Lipinski definition) is 1. The van der Waals surface area contributed by atoms with Crippen molar-refractivity contribution in [3.05, 3.63) is 47.2 Å².